The summed E-state index contributed by atoms with van der Waals surface area (Å²) in [6, 6.07) is 8.66. The number of furan rings is 1. The van der Waals surface area contributed by atoms with Crippen LogP contribution in [0.4, 0.5) is 0 Å². The molecular weight excluding hydrogens is 246 g/mol. The monoisotopic (exact) mass is 265 g/mol. The number of rotatable bonds is 1. The van der Waals surface area contributed by atoms with Crippen molar-refractivity contribution in [3.8, 4) is 0 Å². The van der Waals surface area contributed by atoms with Gasteiger partial charge in [0.05, 0.1) is 0 Å². The molecule has 0 aliphatic carbocycles. The molecule has 3 rings (SSSR count). The fourth-order valence-corrected chi connectivity index (χ4v) is 2.98. The van der Waals surface area contributed by atoms with Crippen LogP contribution in [0.1, 0.15) is 30.6 Å². The van der Waals surface area contributed by atoms with Gasteiger partial charge in [0, 0.05) is 5.39 Å². The lowest BCUT2D eigenvalue weighted by atomic mass is 9.82. The van der Waals surface area contributed by atoms with Crippen molar-refractivity contribution >= 4 is 23.4 Å². The molecule has 0 amide bonds. The van der Waals surface area contributed by atoms with Gasteiger partial charge in [-0.3, -0.25) is 0 Å². The van der Waals surface area contributed by atoms with Crippen LogP contribution >= 0.6 is 12.4 Å². The number of nitrogens with one attached hydrogen (secondary N) is 1. The number of piperidine rings is 1. The predicted molar refractivity (Wildman–Crippen MR) is 77.6 cm³/mol. The fourth-order valence-electron chi connectivity index (χ4n) is 2.98. The van der Waals surface area contributed by atoms with E-state index >= 15 is 0 Å². The molecule has 98 valence electrons. The lowest BCUT2D eigenvalue weighted by molar-refractivity contribution is 0.348. The molecule has 1 aromatic heterocycles. The summed E-state index contributed by atoms with van der Waals surface area (Å²) in [5, 5.41) is 4.70. The first-order valence-electron chi connectivity index (χ1n) is 6.45. The van der Waals surface area contributed by atoms with Crippen LogP contribution in [-0.4, -0.2) is 13.1 Å². The second kappa shape index (κ2) is 5.33. The van der Waals surface area contributed by atoms with E-state index in [1.807, 2.05) is 6.92 Å². The van der Waals surface area contributed by atoms with Crippen molar-refractivity contribution in [2.24, 2.45) is 5.92 Å². The van der Waals surface area contributed by atoms with Gasteiger partial charge < -0.3 is 9.73 Å². The minimum atomic E-state index is 0. The van der Waals surface area contributed by atoms with Gasteiger partial charge in [-0.05, 0) is 49.9 Å². The third-order valence-corrected chi connectivity index (χ3v) is 3.88. The molecule has 1 N–H and O–H groups in total. The lowest BCUT2D eigenvalue weighted by Crippen LogP contribution is -2.33. The topological polar surface area (TPSA) is 25.2 Å². The number of halogens is 1. The molecule has 1 fully saturated rings. The maximum Gasteiger partial charge on any atom is 0.137 e. The molecular formula is C15H20ClNO. The molecule has 2 nitrogen and oxygen atoms in total. The normalized spacial score (nSPS) is 23.9. The highest BCUT2D eigenvalue weighted by Gasteiger charge is 2.25. The summed E-state index contributed by atoms with van der Waals surface area (Å²) in [6.07, 6.45) is 1.21. The molecule has 0 bridgehead atoms. The van der Waals surface area contributed by atoms with Gasteiger partial charge in [-0.25, -0.2) is 0 Å². The highest BCUT2D eigenvalue weighted by Crippen LogP contribution is 2.35. The van der Waals surface area contributed by atoms with Crippen molar-refractivity contribution in [1.82, 2.24) is 5.32 Å². The number of hydrogen-bond donors (Lipinski definition) is 1. The largest absolute Gasteiger partial charge is 0.461 e. The van der Waals surface area contributed by atoms with E-state index in [9.17, 15) is 0 Å². The van der Waals surface area contributed by atoms with Crippen LogP contribution in [0, 0.1) is 12.8 Å². The maximum absolute atomic E-state index is 5.88. The summed E-state index contributed by atoms with van der Waals surface area (Å²) in [6.45, 7) is 6.58. The van der Waals surface area contributed by atoms with Crippen LogP contribution in [0.5, 0.6) is 0 Å². The Labute approximate surface area is 114 Å². The van der Waals surface area contributed by atoms with E-state index in [4.69, 9.17) is 4.42 Å². The van der Waals surface area contributed by atoms with Gasteiger partial charge in [0.15, 0.2) is 0 Å². The zero-order valence-electron chi connectivity index (χ0n) is 10.9. The number of aryl methyl sites for hydroxylation is 1. The van der Waals surface area contributed by atoms with Gasteiger partial charge >= 0.3 is 0 Å². The average Bonchev–Trinajstić information content (AvgIpc) is 2.70. The summed E-state index contributed by atoms with van der Waals surface area (Å²) >= 11 is 0. The standard InChI is InChI=1S/C15H19NO.ClH/c1-10-9-16-7-6-13(10)14-5-3-4-12-8-11(2)17-15(12)14;/h3-5,8,10,13,16H,6-7,9H2,1-2H3;1H/t10-,13+;/m0./s1. The third-order valence-electron chi connectivity index (χ3n) is 3.88. The lowest BCUT2D eigenvalue weighted by Gasteiger charge is -2.29. The second-order valence-electron chi connectivity index (χ2n) is 5.20. The Hall–Kier alpha value is -0.990. The smallest absolute Gasteiger partial charge is 0.137 e. The SMILES string of the molecule is Cc1cc2cccc([C@@H]3CCNC[C@@H]3C)c2o1.Cl. The second-order valence-corrected chi connectivity index (χ2v) is 5.20. The highest BCUT2D eigenvalue weighted by molar-refractivity contribution is 5.85. The van der Waals surface area contributed by atoms with Crippen molar-refractivity contribution in [2.75, 3.05) is 13.1 Å². The molecule has 2 atom stereocenters. The molecule has 0 saturated carbocycles. The molecule has 2 aromatic rings. The summed E-state index contributed by atoms with van der Waals surface area (Å²) < 4.78 is 5.88. The van der Waals surface area contributed by atoms with Gasteiger partial charge in [-0.15, -0.1) is 12.4 Å². The molecule has 18 heavy (non-hydrogen) atoms. The van der Waals surface area contributed by atoms with Crippen LogP contribution in [0.3, 0.4) is 0 Å². The van der Waals surface area contributed by atoms with Crippen molar-refractivity contribution in [3.05, 3.63) is 35.6 Å². The van der Waals surface area contributed by atoms with Crippen LogP contribution in [-0.2, 0) is 0 Å². The molecule has 1 aliphatic rings. The Bertz CT molecular complexity index is 534. The minimum absolute atomic E-state index is 0. The van der Waals surface area contributed by atoms with Gasteiger partial charge in [0.2, 0.25) is 0 Å². The zero-order chi connectivity index (χ0) is 11.8. The van der Waals surface area contributed by atoms with E-state index in [0.29, 0.717) is 11.8 Å². The van der Waals surface area contributed by atoms with Crippen molar-refractivity contribution in [3.63, 3.8) is 0 Å². The fraction of sp³-hybridized carbons (Fsp3) is 0.467. The summed E-state index contributed by atoms with van der Waals surface area (Å²) in [4.78, 5) is 0. The van der Waals surface area contributed by atoms with E-state index in [1.165, 1.54) is 17.4 Å². The van der Waals surface area contributed by atoms with Gasteiger partial charge in [-0.2, -0.15) is 0 Å². The first-order valence-corrected chi connectivity index (χ1v) is 6.45. The van der Waals surface area contributed by atoms with Crippen LogP contribution in [0.25, 0.3) is 11.0 Å². The van der Waals surface area contributed by atoms with Crippen molar-refractivity contribution in [1.29, 1.82) is 0 Å². The first kappa shape index (κ1) is 13.4. The molecule has 0 radical (unpaired) electrons. The molecule has 0 spiro atoms. The molecule has 2 heterocycles. The molecule has 0 unspecified atom stereocenters. The van der Waals surface area contributed by atoms with Gasteiger partial charge in [0.1, 0.15) is 11.3 Å². The molecule has 3 heteroatoms. The van der Waals surface area contributed by atoms with Crippen LogP contribution in [0.15, 0.2) is 28.7 Å². The average molecular weight is 266 g/mol. The van der Waals surface area contributed by atoms with E-state index < -0.39 is 0 Å². The van der Waals surface area contributed by atoms with Crippen molar-refractivity contribution in [2.45, 2.75) is 26.2 Å². The third kappa shape index (κ3) is 2.27. The molecule has 1 saturated heterocycles. The predicted octanol–water partition coefficient (Wildman–Crippen LogP) is 3.88. The van der Waals surface area contributed by atoms with E-state index in [1.54, 1.807) is 0 Å². The Morgan fingerprint density at radius 2 is 2.17 bits per heavy atom. The van der Waals surface area contributed by atoms with E-state index in [0.717, 1.165) is 24.4 Å². The molecule has 1 aliphatic heterocycles. The highest BCUT2D eigenvalue weighted by atomic mass is 35.5. The van der Waals surface area contributed by atoms with E-state index in [2.05, 4.69) is 36.5 Å². The maximum atomic E-state index is 5.88. The van der Waals surface area contributed by atoms with Gasteiger partial charge in [-0.1, -0.05) is 25.1 Å². The van der Waals surface area contributed by atoms with Gasteiger partial charge in [0.25, 0.3) is 0 Å². The summed E-state index contributed by atoms with van der Waals surface area (Å²) in [5.74, 6) is 2.32. The van der Waals surface area contributed by atoms with E-state index in [-0.39, 0.29) is 12.4 Å². The number of benzene rings is 1. The summed E-state index contributed by atoms with van der Waals surface area (Å²) in [7, 11) is 0. The minimum Gasteiger partial charge on any atom is -0.461 e. The number of hydrogen-bond acceptors (Lipinski definition) is 2. The van der Waals surface area contributed by atoms with Crippen LogP contribution < -0.4 is 5.32 Å². The Balaban J connectivity index is 0.00000120. The Kier molecular flexibility index (Phi) is 3.98. The number of fused-ring (bicyclic) bond motifs is 1. The Morgan fingerprint density at radius 3 is 2.94 bits per heavy atom. The molecule has 1 aromatic carbocycles. The Morgan fingerprint density at radius 1 is 1.33 bits per heavy atom. The quantitative estimate of drug-likeness (QED) is 0.847. The number of para-hydroxylation sites is 1. The first-order chi connectivity index (χ1) is 8.25. The van der Waals surface area contributed by atoms with Crippen LogP contribution in [0.2, 0.25) is 0 Å². The summed E-state index contributed by atoms with van der Waals surface area (Å²) in [5.41, 5.74) is 2.49. The van der Waals surface area contributed by atoms with Crippen molar-refractivity contribution < 1.29 is 4.42 Å². The zero-order valence-corrected chi connectivity index (χ0v) is 11.7.